The van der Waals surface area contributed by atoms with E-state index in [0.29, 0.717) is 21.6 Å². The predicted molar refractivity (Wildman–Crippen MR) is 95.6 cm³/mol. The van der Waals surface area contributed by atoms with E-state index in [4.69, 9.17) is 0 Å². The summed E-state index contributed by atoms with van der Waals surface area (Å²) in [6, 6.07) is 4.74. The van der Waals surface area contributed by atoms with Gasteiger partial charge in [0, 0.05) is 11.9 Å². The molecular formula is C16H14BrF3N4S. The quantitative estimate of drug-likeness (QED) is 0.421. The number of aryl methyl sites for hydroxylation is 2. The average molecular weight is 431 g/mol. The maximum atomic E-state index is 13.0. The van der Waals surface area contributed by atoms with Gasteiger partial charge < -0.3 is 4.57 Å². The van der Waals surface area contributed by atoms with Gasteiger partial charge in [-0.2, -0.15) is 13.2 Å². The van der Waals surface area contributed by atoms with Crippen molar-refractivity contribution in [2.45, 2.75) is 24.9 Å². The Balaban J connectivity index is 2.27. The minimum Gasteiger partial charge on any atom is -0.324 e. The minimum atomic E-state index is -4.51. The molecule has 0 saturated carbocycles. The Kier molecular flexibility index (Phi) is 4.80. The maximum absolute atomic E-state index is 13.0. The van der Waals surface area contributed by atoms with E-state index in [1.54, 1.807) is 30.3 Å². The Hall–Kier alpha value is -1.61. The molecule has 0 bridgehead atoms. The first-order chi connectivity index (χ1) is 11.7. The van der Waals surface area contributed by atoms with E-state index < -0.39 is 11.9 Å². The van der Waals surface area contributed by atoms with Crippen LogP contribution in [0, 0.1) is 6.92 Å². The molecule has 0 aliphatic carbocycles. The molecule has 25 heavy (non-hydrogen) atoms. The third-order valence-electron chi connectivity index (χ3n) is 3.65. The Morgan fingerprint density at radius 3 is 2.56 bits per heavy atom. The van der Waals surface area contributed by atoms with Crippen molar-refractivity contribution in [3.63, 3.8) is 0 Å². The summed E-state index contributed by atoms with van der Waals surface area (Å²) in [5, 5.41) is 0. The molecule has 9 heteroatoms. The molecule has 0 radical (unpaired) electrons. The zero-order valence-corrected chi connectivity index (χ0v) is 16.1. The number of alkyl halides is 3. The molecule has 3 heterocycles. The number of nitrogens with zero attached hydrogens (tertiary/aromatic N) is 4. The lowest BCUT2D eigenvalue weighted by Gasteiger charge is -2.09. The summed E-state index contributed by atoms with van der Waals surface area (Å²) in [7, 11) is 1.76. The number of aromatic nitrogens is 4. The Labute approximate surface area is 155 Å². The van der Waals surface area contributed by atoms with Crippen LogP contribution in [0.1, 0.15) is 18.3 Å². The SMILES string of the molecule is CCSc1ccc(Br)nc1-c1nc2cc(C(F)(F)F)nc(C)c2n1C. The number of halogens is 4. The average Bonchev–Trinajstić information content (AvgIpc) is 2.86. The fourth-order valence-electron chi connectivity index (χ4n) is 2.66. The van der Waals surface area contributed by atoms with Gasteiger partial charge in [-0.1, -0.05) is 6.92 Å². The molecule has 132 valence electrons. The third-order valence-corrected chi connectivity index (χ3v) is 5.02. The monoisotopic (exact) mass is 430 g/mol. The molecule has 3 aromatic heterocycles. The van der Waals surface area contributed by atoms with Gasteiger partial charge in [-0.15, -0.1) is 11.8 Å². The van der Waals surface area contributed by atoms with Crippen LogP contribution in [0.3, 0.4) is 0 Å². The number of fused-ring (bicyclic) bond motifs is 1. The van der Waals surface area contributed by atoms with Gasteiger partial charge in [-0.05, 0) is 46.8 Å². The number of pyridine rings is 2. The van der Waals surface area contributed by atoms with Crippen molar-refractivity contribution in [1.82, 2.24) is 19.5 Å². The molecule has 3 aromatic rings. The summed E-state index contributed by atoms with van der Waals surface area (Å²) >= 11 is 4.95. The Morgan fingerprint density at radius 1 is 1.20 bits per heavy atom. The second kappa shape index (κ2) is 6.60. The molecule has 4 nitrogen and oxygen atoms in total. The van der Waals surface area contributed by atoms with E-state index >= 15 is 0 Å². The molecule has 0 spiro atoms. The molecule has 0 N–H and O–H groups in total. The zero-order chi connectivity index (χ0) is 18.4. The number of hydrogen-bond acceptors (Lipinski definition) is 4. The Morgan fingerprint density at radius 2 is 1.92 bits per heavy atom. The number of rotatable bonds is 3. The third kappa shape index (κ3) is 3.39. The van der Waals surface area contributed by atoms with Gasteiger partial charge in [0.2, 0.25) is 0 Å². The molecule has 0 aromatic carbocycles. The van der Waals surface area contributed by atoms with Gasteiger partial charge >= 0.3 is 6.18 Å². The first kappa shape index (κ1) is 18.2. The Bertz CT molecular complexity index is 953. The molecule has 0 aliphatic heterocycles. The molecule has 0 atom stereocenters. The van der Waals surface area contributed by atoms with Crippen LogP contribution in [0.2, 0.25) is 0 Å². The van der Waals surface area contributed by atoms with Crippen LogP contribution in [0.4, 0.5) is 13.2 Å². The van der Waals surface area contributed by atoms with Gasteiger partial charge in [0.25, 0.3) is 0 Å². The highest BCUT2D eigenvalue weighted by molar-refractivity contribution is 9.10. The molecule has 0 fully saturated rings. The lowest BCUT2D eigenvalue weighted by Crippen LogP contribution is -2.09. The molecule has 3 rings (SSSR count). The van der Waals surface area contributed by atoms with E-state index in [1.807, 2.05) is 19.1 Å². The second-order valence-electron chi connectivity index (χ2n) is 5.37. The highest BCUT2D eigenvalue weighted by atomic mass is 79.9. The van der Waals surface area contributed by atoms with Gasteiger partial charge in [0.05, 0.1) is 16.7 Å². The van der Waals surface area contributed by atoms with E-state index in [2.05, 4.69) is 30.9 Å². The number of hydrogen-bond donors (Lipinski definition) is 0. The van der Waals surface area contributed by atoms with Crippen molar-refractivity contribution in [3.05, 3.63) is 34.2 Å². The number of thioether (sulfide) groups is 1. The fourth-order valence-corrected chi connectivity index (χ4v) is 3.71. The summed E-state index contributed by atoms with van der Waals surface area (Å²) in [6.07, 6.45) is -4.51. The molecule has 0 unspecified atom stereocenters. The van der Waals surface area contributed by atoms with Crippen molar-refractivity contribution in [2.75, 3.05) is 5.75 Å². The molecule has 0 saturated heterocycles. The zero-order valence-electron chi connectivity index (χ0n) is 13.6. The first-order valence-electron chi connectivity index (χ1n) is 7.43. The summed E-state index contributed by atoms with van der Waals surface area (Å²) in [6.45, 7) is 3.58. The topological polar surface area (TPSA) is 43.6 Å². The summed E-state index contributed by atoms with van der Waals surface area (Å²) in [5.74, 6) is 1.36. The van der Waals surface area contributed by atoms with Gasteiger partial charge in [0.15, 0.2) is 5.82 Å². The molecular weight excluding hydrogens is 417 g/mol. The lowest BCUT2D eigenvalue weighted by molar-refractivity contribution is -0.141. The van der Waals surface area contributed by atoms with Crippen LogP contribution in [0.15, 0.2) is 27.7 Å². The normalized spacial score (nSPS) is 12.1. The van der Waals surface area contributed by atoms with E-state index in [-0.39, 0.29) is 11.2 Å². The largest absolute Gasteiger partial charge is 0.433 e. The predicted octanol–water partition coefficient (Wildman–Crippen LogP) is 5.23. The van der Waals surface area contributed by atoms with Crippen molar-refractivity contribution < 1.29 is 13.2 Å². The first-order valence-corrected chi connectivity index (χ1v) is 9.21. The van der Waals surface area contributed by atoms with Crippen LogP contribution in [0.5, 0.6) is 0 Å². The van der Waals surface area contributed by atoms with E-state index in [9.17, 15) is 13.2 Å². The van der Waals surface area contributed by atoms with E-state index in [0.717, 1.165) is 16.7 Å². The fraction of sp³-hybridized carbons (Fsp3) is 0.312. The van der Waals surface area contributed by atoms with Crippen molar-refractivity contribution >= 4 is 38.7 Å². The van der Waals surface area contributed by atoms with Crippen molar-refractivity contribution in [2.24, 2.45) is 7.05 Å². The van der Waals surface area contributed by atoms with Crippen LogP contribution in [0.25, 0.3) is 22.6 Å². The molecule has 0 aliphatic rings. The van der Waals surface area contributed by atoms with E-state index in [1.165, 1.54) is 0 Å². The number of imidazole rings is 1. The highest BCUT2D eigenvalue weighted by Gasteiger charge is 2.34. The maximum Gasteiger partial charge on any atom is 0.433 e. The summed E-state index contributed by atoms with van der Waals surface area (Å²) in [5.41, 5.74) is 0.801. The van der Waals surface area contributed by atoms with Crippen LogP contribution in [-0.2, 0) is 13.2 Å². The van der Waals surface area contributed by atoms with Gasteiger partial charge in [-0.3, -0.25) is 0 Å². The van der Waals surface area contributed by atoms with Gasteiger partial charge in [0.1, 0.15) is 16.0 Å². The van der Waals surface area contributed by atoms with Gasteiger partial charge in [-0.25, -0.2) is 15.0 Å². The smallest absolute Gasteiger partial charge is 0.324 e. The molecule has 0 amide bonds. The standard InChI is InChI=1S/C16H14BrF3N4S/c1-4-25-10-5-6-12(17)23-13(10)15-22-9-7-11(16(18,19)20)21-8(2)14(9)24(15)3/h5-7H,4H2,1-3H3. The summed E-state index contributed by atoms with van der Waals surface area (Å²) in [4.78, 5) is 13.5. The van der Waals surface area contributed by atoms with Crippen LogP contribution >= 0.6 is 27.7 Å². The van der Waals surface area contributed by atoms with Crippen LogP contribution < -0.4 is 0 Å². The minimum absolute atomic E-state index is 0.256. The van der Waals surface area contributed by atoms with Crippen LogP contribution in [-0.4, -0.2) is 25.3 Å². The van der Waals surface area contributed by atoms with Crippen molar-refractivity contribution in [3.8, 4) is 11.5 Å². The van der Waals surface area contributed by atoms with Crippen molar-refractivity contribution in [1.29, 1.82) is 0 Å². The summed E-state index contributed by atoms with van der Waals surface area (Å²) < 4.78 is 41.5. The highest BCUT2D eigenvalue weighted by Crippen LogP contribution is 2.35. The second-order valence-corrected chi connectivity index (χ2v) is 7.48. The lowest BCUT2D eigenvalue weighted by atomic mass is 10.2.